The van der Waals surface area contributed by atoms with Crippen molar-refractivity contribution in [2.24, 2.45) is 11.8 Å². The Hall–Kier alpha value is -1.83. The van der Waals surface area contributed by atoms with Crippen molar-refractivity contribution in [3.05, 3.63) is 42.0 Å². The van der Waals surface area contributed by atoms with E-state index in [1.54, 1.807) is 0 Å². The van der Waals surface area contributed by atoms with Crippen LogP contribution in [0.1, 0.15) is 49.4 Å². The first kappa shape index (κ1) is 14.1. The number of carbonyl (C=O) groups excluding carboxylic acids is 1. The maximum absolute atomic E-state index is 13.0. The van der Waals surface area contributed by atoms with Crippen LogP contribution < -0.4 is 5.73 Å². The van der Waals surface area contributed by atoms with E-state index < -0.39 is 0 Å². The van der Waals surface area contributed by atoms with Gasteiger partial charge in [0.05, 0.1) is 0 Å². The number of benzene rings is 2. The Kier molecular flexibility index (Phi) is 3.96. The van der Waals surface area contributed by atoms with Crippen molar-refractivity contribution in [3.8, 4) is 0 Å². The predicted molar refractivity (Wildman–Crippen MR) is 88.4 cm³/mol. The lowest BCUT2D eigenvalue weighted by molar-refractivity contribution is 0.0821. The summed E-state index contributed by atoms with van der Waals surface area (Å²) in [6.45, 7) is 2.19. The van der Waals surface area contributed by atoms with Gasteiger partial charge in [-0.05, 0) is 41.7 Å². The van der Waals surface area contributed by atoms with Gasteiger partial charge in [0.25, 0.3) is 0 Å². The molecule has 0 spiro atoms. The molecule has 1 aliphatic rings. The van der Waals surface area contributed by atoms with Crippen molar-refractivity contribution in [1.82, 2.24) is 0 Å². The van der Waals surface area contributed by atoms with Crippen molar-refractivity contribution in [1.29, 1.82) is 0 Å². The van der Waals surface area contributed by atoms with Crippen LogP contribution in [-0.4, -0.2) is 5.78 Å². The molecule has 110 valence electrons. The topological polar surface area (TPSA) is 43.1 Å². The molecule has 0 heterocycles. The molecule has 0 aliphatic heterocycles. The van der Waals surface area contributed by atoms with Crippen LogP contribution in [0.4, 0.5) is 5.69 Å². The van der Waals surface area contributed by atoms with Gasteiger partial charge in [-0.3, -0.25) is 4.79 Å². The molecule has 2 atom stereocenters. The number of hydrogen-bond acceptors (Lipinski definition) is 2. The molecule has 2 unspecified atom stereocenters. The first-order valence-corrected chi connectivity index (χ1v) is 8.03. The van der Waals surface area contributed by atoms with Gasteiger partial charge in [0, 0.05) is 17.2 Å². The van der Waals surface area contributed by atoms with E-state index in [0.29, 0.717) is 11.6 Å². The quantitative estimate of drug-likeness (QED) is 0.647. The number of rotatable bonds is 3. The molecular weight excluding hydrogens is 258 g/mol. The molecule has 2 N–H and O–H groups in total. The first-order chi connectivity index (χ1) is 10.2. The number of nitrogens with two attached hydrogens (primary N) is 1. The number of fused-ring (bicyclic) bond motifs is 1. The van der Waals surface area contributed by atoms with Crippen molar-refractivity contribution in [2.75, 3.05) is 5.73 Å². The van der Waals surface area contributed by atoms with E-state index in [4.69, 9.17) is 5.73 Å². The average Bonchev–Trinajstić information content (AvgIpc) is 2.53. The summed E-state index contributed by atoms with van der Waals surface area (Å²) < 4.78 is 0. The minimum Gasteiger partial charge on any atom is -0.398 e. The second kappa shape index (κ2) is 5.88. The molecular formula is C19H23NO. The number of carbonyl (C=O) groups is 1. The Morgan fingerprint density at radius 2 is 1.81 bits per heavy atom. The Morgan fingerprint density at radius 3 is 2.52 bits per heavy atom. The number of Topliss-reactive ketones (excluding diaryl/α,β-unsaturated/α-hetero) is 1. The van der Waals surface area contributed by atoms with Crippen LogP contribution in [0.3, 0.4) is 0 Å². The van der Waals surface area contributed by atoms with Gasteiger partial charge in [0.15, 0.2) is 5.78 Å². The van der Waals surface area contributed by atoms with E-state index in [0.717, 1.165) is 29.2 Å². The van der Waals surface area contributed by atoms with Gasteiger partial charge in [0.2, 0.25) is 0 Å². The van der Waals surface area contributed by atoms with Crippen molar-refractivity contribution >= 4 is 22.2 Å². The van der Waals surface area contributed by atoms with Gasteiger partial charge < -0.3 is 5.73 Å². The maximum atomic E-state index is 13.0. The normalized spacial score (nSPS) is 22.3. The summed E-state index contributed by atoms with van der Waals surface area (Å²) in [5, 5.41) is 2.20. The SMILES string of the molecule is CCC1CCCCC1C(=O)c1cc2ccccc2cc1N. The summed E-state index contributed by atoms with van der Waals surface area (Å²) in [6, 6.07) is 12.0. The second-order valence-electron chi connectivity index (χ2n) is 6.21. The van der Waals surface area contributed by atoms with E-state index in [1.807, 2.05) is 36.4 Å². The van der Waals surface area contributed by atoms with E-state index in [2.05, 4.69) is 6.92 Å². The van der Waals surface area contributed by atoms with Gasteiger partial charge in [-0.2, -0.15) is 0 Å². The van der Waals surface area contributed by atoms with Gasteiger partial charge in [-0.25, -0.2) is 0 Å². The van der Waals surface area contributed by atoms with E-state index >= 15 is 0 Å². The largest absolute Gasteiger partial charge is 0.398 e. The van der Waals surface area contributed by atoms with Crippen LogP contribution >= 0.6 is 0 Å². The summed E-state index contributed by atoms with van der Waals surface area (Å²) >= 11 is 0. The van der Waals surface area contributed by atoms with Gasteiger partial charge >= 0.3 is 0 Å². The fourth-order valence-electron chi connectivity index (χ4n) is 3.71. The third-order valence-electron chi connectivity index (χ3n) is 4.95. The first-order valence-electron chi connectivity index (χ1n) is 8.03. The van der Waals surface area contributed by atoms with E-state index in [9.17, 15) is 4.79 Å². The predicted octanol–water partition coefficient (Wildman–Crippen LogP) is 4.82. The lowest BCUT2D eigenvalue weighted by Gasteiger charge is -2.30. The Morgan fingerprint density at radius 1 is 1.14 bits per heavy atom. The Bertz CT molecular complexity index is 662. The molecule has 1 saturated carbocycles. The Labute approximate surface area is 126 Å². The summed E-state index contributed by atoms with van der Waals surface area (Å²) in [5.74, 6) is 0.939. The molecule has 2 aromatic carbocycles. The van der Waals surface area contributed by atoms with Crippen molar-refractivity contribution in [3.63, 3.8) is 0 Å². The molecule has 2 aromatic rings. The lowest BCUT2D eigenvalue weighted by atomic mass is 9.74. The minimum atomic E-state index is 0.159. The number of nitrogen functional groups attached to an aromatic ring is 1. The van der Waals surface area contributed by atoms with E-state index in [-0.39, 0.29) is 11.7 Å². The lowest BCUT2D eigenvalue weighted by Crippen LogP contribution is -2.27. The standard InChI is InChI=1S/C19H23NO/c1-2-13-7-5-6-10-16(13)19(21)17-11-14-8-3-4-9-15(14)12-18(17)20/h3-4,8-9,11-13,16H,2,5-7,10,20H2,1H3. The highest BCUT2D eigenvalue weighted by molar-refractivity contribution is 6.06. The highest BCUT2D eigenvalue weighted by atomic mass is 16.1. The zero-order valence-electron chi connectivity index (χ0n) is 12.6. The van der Waals surface area contributed by atoms with Crippen LogP contribution in [0, 0.1) is 11.8 Å². The van der Waals surface area contributed by atoms with Crippen LogP contribution in [0.15, 0.2) is 36.4 Å². The smallest absolute Gasteiger partial charge is 0.168 e. The molecule has 0 aromatic heterocycles. The molecule has 3 rings (SSSR count). The molecule has 1 aliphatic carbocycles. The zero-order chi connectivity index (χ0) is 14.8. The highest BCUT2D eigenvalue weighted by Gasteiger charge is 2.31. The minimum absolute atomic E-state index is 0.159. The number of ketones is 1. The van der Waals surface area contributed by atoms with Crippen LogP contribution in [0.25, 0.3) is 10.8 Å². The zero-order valence-corrected chi connectivity index (χ0v) is 12.6. The molecule has 2 heteroatoms. The van der Waals surface area contributed by atoms with Crippen molar-refractivity contribution in [2.45, 2.75) is 39.0 Å². The summed E-state index contributed by atoms with van der Waals surface area (Å²) in [7, 11) is 0. The van der Waals surface area contributed by atoms with Crippen LogP contribution in [-0.2, 0) is 0 Å². The Balaban J connectivity index is 1.98. The number of hydrogen-bond donors (Lipinski definition) is 1. The van der Waals surface area contributed by atoms with Crippen LogP contribution in [0.5, 0.6) is 0 Å². The molecule has 0 radical (unpaired) electrons. The molecule has 21 heavy (non-hydrogen) atoms. The van der Waals surface area contributed by atoms with E-state index in [1.165, 1.54) is 19.3 Å². The molecule has 1 fully saturated rings. The maximum Gasteiger partial charge on any atom is 0.168 e. The number of anilines is 1. The summed E-state index contributed by atoms with van der Waals surface area (Å²) in [6.07, 6.45) is 5.71. The molecule has 0 amide bonds. The van der Waals surface area contributed by atoms with Gasteiger partial charge in [-0.1, -0.05) is 50.5 Å². The third-order valence-corrected chi connectivity index (χ3v) is 4.95. The van der Waals surface area contributed by atoms with Gasteiger partial charge in [0.1, 0.15) is 0 Å². The molecule has 0 saturated heterocycles. The molecule has 2 nitrogen and oxygen atoms in total. The fourth-order valence-corrected chi connectivity index (χ4v) is 3.71. The molecule has 0 bridgehead atoms. The van der Waals surface area contributed by atoms with Gasteiger partial charge in [-0.15, -0.1) is 0 Å². The monoisotopic (exact) mass is 281 g/mol. The fraction of sp³-hybridized carbons (Fsp3) is 0.421. The summed E-state index contributed by atoms with van der Waals surface area (Å²) in [4.78, 5) is 13.0. The average molecular weight is 281 g/mol. The highest BCUT2D eigenvalue weighted by Crippen LogP contribution is 2.36. The van der Waals surface area contributed by atoms with Crippen LogP contribution in [0.2, 0.25) is 0 Å². The summed E-state index contributed by atoms with van der Waals surface area (Å²) in [5.41, 5.74) is 7.51. The third kappa shape index (κ3) is 2.67. The second-order valence-corrected chi connectivity index (χ2v) is 6.21. The van der Waals surface area contributed by atoms with Crippen molar-refractivity contribution < 1.29 is 4.79 Å².